The molecule has 1 aromatic carbocycles. The van der Waals surface area contributed by atoms with Crippen LogP contribution in [0.5, 0.6) is 0 Å². The lowest BCUT2D eigenvalue weighted by atomic mass is 9.86. The molecule has 0 amide bonds. The number of aliphatic hydroxyl groups is 1. The molecule has 2 heteroatoms. The van der Waals surface area contributed by atoms with Gasteiger partial charge in [0.25, 0.3) is 0 Å². The lowest BCUT2D eigenvalue weighted by Crippen LogP contribution is -2.46. The molecular formula is C17H29NO. The van der Waals surface area contributed by atoms with Crippen molar-refractivity contribution in [1.29, 1.82) is 0 Å². The number of aryl methyl sites for hydroxylation is 1. The molecule has 19 heavy (non-hydrogen) atoms. The third-order valence-corrected chi connectivity index (χ3v) is 4.11. The highest BCUT2D eigenvalue weighted by atomic mass is 16.3. The Morgan fingerprint density at radius 3 is 2.26 bits per heavy atom. The van der Waals surface area contributed by atoms with Crippen molar-refractivity contribution in [2.45, 2.75) is 52.5 Å². The standard InChI is InChI=1S/C17H29NO/c1-5-17(4,14-19)13-18-16(2,3)12-11-15-9-7-6-8-10-15/h6-10,18-19H,5,11-14H2,1-4H3. The van der Waals surface area contributed by atoms with E-state index in [4.69, 9.17) is 0 Å². The summed E-state index contributed by atoms with van der Waals surface area (Å²) in [5.41, 5.74) is 1.48. The summed E-state index contributed by atoms with van der Waals surface area (Å²) in [6, 6.07) is 10.6. The Kier molecular flexibility index (Phi) is 6.02. The van der Waals surface area contributed by atoms with Gasteiger partial charge in [-0.2, -0.15) is 0 Å². The zero-order valence-electron chi connectivity index (χ0n) is 12.9. The van der Waals surface area contributed by atoms with Crippen molar-refractivity contribution in [1.82, 2.24) is 5.32 Å². The lowest BCUT2D eigenvalue weighted by Gasteiger charge is -2.33. The zero-order valence-corrected chi connectivity index (χ0v) is 12.9. The Morgan fingerprint density at radius 1 is 1.11 bits per heavy atom. The van der Waals surface area contributed by atoms with Crippen molar-refractivity contribution in [2.75, 3.05) is 13.2 Å². The molecule has 0 heterocycles. The van der Waals surface area contributed by atoms with Gasteiger partial charge < -0.3 is 10.4 Å². The Hall–Kier alpha value is -0.860. The highest BCUT2D eigenvalue weighted by molar-refractivity contribution is 5.15. The number of benzene rings is 1. The fourth-order valence-corrected chi connectivity index (χ4v) is 1.94. The first kappa shape index (κ1) is 16.2. The van der Waals surface area contributed by atoms with Gasteiger partial charge in [-0.1, -0.05) is 44.2 Å². The summed E-state index contributed by atoms with van der Waals surface area (Å²) in [6.07, 6.45) is 3.18. The van der Waals surface area contributed by atoms with E-state index in [1.54, 1.807) is 0 Å². The van der Waals surface area contributed by atoms with Gasteiger partial charge in [-0.05, 0) is 38.7 Å². The van der Waals surface area contributed by atoms with E-state index in [2.05, 4.69) is 63.3 Å². The van der Waals surface area contributed by atoms with Crippen molar-refractivity contribution in [3.05, 3.63) is 35.9 Å². The van der Waals surface area contributed by atoms with E-state index in [1.165, 1.54) is 5.56 Å². The van der Waals surface area contributed by atoms with E-state index in [0.717, 1.165) is 25.8 Å². The smallest absolute Gasteiger partial charge is 0.0496 e. The Labute approximate surface area is 118 Å². The second-order valence-corrected chi connectivity index (χ2v) is 6.55. The molecule has 0 aliphatic carbocycles. The van der Waals surface area contributed by atoms with Crippen LogP contribution >= 0.6 is 0 Å². The topological polar surface area (TPSA) is 32.3 Å². The number of rotatable bonds is 8. The molecule has 1 rings (SSSR count). The van der Waals surface area contributed by atoms with Crippen molar-refractivity contribution in [3.63, 3.8) is 0 Å². The monoisotopic (exact) mass is 263 g/mol. The quantitative estimate of drug-likeness (QED) is 0.753. The van der Waals surface area contributed by atoms with Gasteiger partial charge in [0.2, 0.25) is 0 Å². The fourth-order valence-electron chi connectivity index (χ4n) is 1.94. The molecule has 2 N–H and O–H groups in total. The first-order valence-electron chi connectivity index (χ1n) is 7.31. The maximum atomic E-state index is 9.45. The molecule has 1 unspecified atom stereocenters. The molecule has 0 aliphatic heterocycles. The van der Waals surface area contributed by atoms with Crippen LogP contribution in [0.25, 0.3) is 0 Å². The molecule has 0 aliphatic rings. The van der Waals surface area contributed by atoms with E-state index in [0.29, 0.717) is 0 Å². The zero-order chi connectivity index (χ0) is 14.4. The number of hydrogen-bond donors (Lipinski definition) is 2. The molecule has 0 saturated carbocycles. The van der Waals surface area contributed by atoms with E-state index < -0.39 is 0 Å². The molecule has 0 spiro atoms. The maximum absolute atomic E-state index is 9.45. The molecule has 0 saturated heterocycles. The van der Waals surface area contributed by atoms with Gasteiger partial charge in [0.1, 0.15) is 0 Å². The average molecular weight is 263 g/mol. The van der Waals surface area contributed by atoms with Crippen LogP contribution in [0, 0.1) is 5.41 Å². The Morgan fingerprint density at radius 2 is 1.74 bits per heavy atom. The van der Waals surface area contributed by atoms with Gasteiger partial charge in [-0.15, -0.1) is 0 Å². The van der Waals surface area contributed by atoms with Gasteiger partial charge in [0.05, 0.1) is 0 Å². The molecule has 0 aromatic heterocycles. The molecule has 1 aromatic rings. The normalized spacial score (nSPS) is 15.2. The average Bonchev–Trinajstić information content (AvgIpc) is 2.44. The van der Waals surface area contributed by atoms with E-state index >= 15 is 0 Å². The summed E-state index contributed by atoms with van der Waals surface area (Å²) in [5.74, 6) is 0. The number of aliphatic hydroxyl groups excluding tert-OH is 1. The molecule has 0 bridgehead atoms. The third-order valence-electron chi connectivity index (χ3n) is 4.11. The minimum Gasteiger partial charge on any atom is -0.396 e. The molecule has 0 radical (unpaired) electrons. The molecule has 1 atom stereocenters. The first-order valence-corrected chi connectivity index (χ1v) is 7.31. The van der Waals surface area contributed by atoms with E-state index in [-0.39, 0.29) is 17.6 Å². The SMILES string of the molecule is CCC(C)(CO)CNC(C)(C)CCc1ccccc1. The summed E-state index contributed by atoms with van der Waals surface area (Å²) in [7, 11) is 0. The van der Waals surface area contributed by atoms with E-state index in [1.807, 2.05) is 0 Å². The number of hydrogen-bond acceptors (Lipinski definition) is 2. The second kappa shape index (κ2) is 7.06. The van der Waals surface area contributed by atoms with Crippen LogP contribution < -0.4 is 5.32 Å². The van der Waals surface area contributed by atoms with Gasteiger partial charge >= 0.3 is 0 Å². The van der Waals surface area contributed by atoms with Crippen molar-refractivity contribution < 1.29 is 5.11 Å². The molecular weight excluding hydrogens is 234 g/mol. The maximum Gasteiger partial charge on any atom is 0.0496 e. The summed E-state index contributed by atoms with van der Waals surface area (Å²) in [4.78, 5) is 0. The van der Waals surface area contributed by atoms with Crippen LogP contribution in [0.2, 0.25) is 0 Å². The van der Waals surface area contributed by atoms with Crippen molar-refractivity contribution in [2.24, 2.45) is 5.41 Å². The predicted molar refractivity (Wildman–Crippen MR) is 82.3 cm³/mol. The van der Waals surface area contributed by atoms with Crippen LogP contribution in [0.15, 0.2) is 30.3 Å². The summed E-state index contributed by atoms with van der Waals surface area (Å²) < 4.78 is 0. The van der Waals surface area contributed by atoms with Gasteiger partial charge in [0.15, 0.2) is 0 Å². The van der Waals surface area contributed by atoms with Crippen LogP contribution in [0.4, 0.5) is 0 Å². The summed E-state index contributed by atoms with van der Waals surface area (Å²) in [6.45, 7) is 9.85. The van der Waals surface area contributed by atoms with Crippen molar-refractivity contribution in [3.8, 4) is 0 Å². The van der Waals surface area contributed by atoms with Crippen LogP contribution in [0.1, 0.15) is 46.1 Å². The van der Waals surface area contributed by atoms with Gasteiger partial charge in [-0.3, -0.25) is 0 Å². The minimum atomic E-state index is -0.00990. The molecule has 0 fully saturated rings. The Bertz CT molecular complexity index is 355. The largest absolute Gasteiger partial charge is 0.396 e. The van der Waals surface area contributed by atoms with E-state index in [9.17, 15) is 5.11 Å². The van der Waals surface area contributed by atoms with Crippen LogP contribution in [-0.4, -0.2) is 23.8 Å². The minimum absolute atomic E-state index is 0.00990. The van der Waals surface area contributed by atoms with Crippen LogP contribution in [0.3, 0.4) is 0 Å². The van der Waals surface area contributed by atoms with Gasteiger partial charge in [-0.25, -0.2) is 0 Å². The predicted octanol–water partition coefficient (Wildman–Crippen LogP) is 3.40. The number of nitrogens with one attached hydrogen (secondary N) is 1. The highest BCUT2D eigenvalue weighted by Gasteiger charge is 2.25. The lowest BCUT2D eigenvalue weighted by molar-refractivity contribution is 0.124. The van der Waals surface area contributed by atoms with Crippen LogP contribution in [-0.2, 0) is 6.42 Å². The summed E-state index contributed by atoms with van der Waals surface area (Å²) in [5, 5.41) is 13.1. The Balaban J connectivity index is 2.43. The molecule has 108 valence electrons. The second-order valence-electron chi connectivity index (χ2n) is 6.55. The first-order chi connectivity index (χ1) is 8.91. The molecule has 2 nitrogen and oxygen atoms in total. The third kappa shape index (κ3) is 5.75. The van der Waals surface area contributed by atoms with Gasteiger partial charge in [0, 0.05) is 24.1 Å². The summed E-state index contributed by atoms with van der Waals surface area (Å²) >= 11 is 0. The fraction of sp³-hybridized carbons (Fsp3) is 0.647. The van der Waals surface area contributed by atoms with Crippen molar-refractivity contribution >= 4 is 0 Å². The highest BCUT2D eigenvalue weighted by Crippen LogP contribution is 2.21.